The first-order valence-electron chi connectivity index (χ1n) is 16.7. The van der Waals surface area contributed by atoms with Crippen LogP contribution in [-0.4, -0.2) is 58.8 Å². The highest BCUT2D eigenvalue weighted by atomic mass is 16.6. The van der Waals surface area contributed by atoms with Gasteiger partial charge in [0.05, 0.1) is 12.1 Å². The second-order valence-electron chi connectivity index (χ2n) is 14.2. The predicted octanol–water partition coefficient (Wildman–Crippen LogP) is 4.89. The molecule has 0 heterocycles. The van der Waals surface area contributed by atoms with Crippen LogP contribution in [0.1, 0.15) is 85.8 Å². The first kappa shape index (κ1) is 39.3. The van der Waals surface area contributed by atoms with Crippen molar-refractivity contribution in [2.24, 2.45) is 17.8 Å². The number of hydrogen-bond donors (Lipinski definition) is 5. The zero-order valence-electron chi connectivity index (χ0n) is 29.3. The molecule has 2 aromatic carbocycles. The quantitative estimate of drug-likeness (QED) is 0.165. The smallest absolute Gasteiger partial charge is 0.408 e. The summed E-state index contributed by atoms with van der Waals surface area (Å²) in [6.45, 7) is 15.2. The second-order valence-corrected chi connectivity index (χ2v) is 14.2. The van der Waals surface area contributed by atoms with Gasteiger partial charge < -0.3 is 31.1 Å². The third kappa shape index (κ3) is 15.5. The van der Waals surface area contributed by atoms with E-state index in [2.05, 4.69) is 21.3 Å². The summed E-state index contributed by atoms with van der Waals surface area (Å²) in [4.78, 5) is 52.9. The van der Waals surface area contributed by atoms with Gasteiger partial charge in [0.15, 0.2) is 0 Å². The van der Waals surface area contributed by atoms with Crippen molar-refractivity contribution in [1.82, 2.24) is 21.3 Å². The fourth-order valence-corrected chi connectivity index (χ4v) is 5.18. The van der Waals surface area contributed by atoms with Crippen LogP contribution in [0.3, 0.4) is 0 Å². The molecule has 0 aliphatic rings. The topological polar surface area (TPSA) is 146 Å². The minimum absolute atomic E-state index is 0.0690. The maximum Gasteiger partial charge on any atom is 0.408 e. The van der Waals surface area contributed by atoms with Crippen LogP contribution in [0, 0.1) is 17.8 Å². The lowest BCUT2D eigenvalue weighted by Gasteiger charge is -2.30. The Kier molecular flexibility index (Phi) is 15.9. The molecule has 2 rings (SSSR count). The number of aliphatic hydroxyl groups is 1. The summed E-state index contributed by atoms with van der Waals surface area (Å²) >= 11 is 0. The third-order valence-corrected chi connectivity index (χ3v) is 7.50. The summed E-state index contributed by atoms with van der Waals surface area (Å²) < 4.78 is 5.38. The van der Waals surface area contributed by atoms with Crippen LogP contribution >= 0.6 is 0 Å². The average Bonchev–Trinajstić information content (AvgIpc) is 2.98. The Balaban J connectivity index is 2.20. The number of amides is 4. The van der Waals surface area contributed by atoms with Crippen LogP contribution < -0.4 is 21.3 Å². The Bertz CT molecular complexity index is 1260. The van der Waals surface area contributed by atoms with Gasteiger partial charge in [-0.05, 0) is 63.0 Å². The van der Waals surface area contributed by atoms with E-state index in [1.807, 2.05) is 88.4 Å². The molecule has 0 spiro atoms. The number of carbonyl (C=O) groups excluding carboxylic acids is 4. The molecule has 0 aromatic heterocycles. The van der Waals surface area contributed by atoms with E-state index in [1.165, 1.54) is 0 Å². The van der Waals surface area contributed by atoms with Crippen LogP contribution in [0.25, 0.3) is 0 Å². The molecule has 0 saturated heterocycles. The number of ether oxygens (including phenoxy) is 1. The lowest BCUT2D eigenvalue weighted by Crippen LogP contribution is -2.57. The molecular formula is C37H56N4O6. The number of benzene rings is 2. The third-order valence-electron chi connectivity index (χ3n) is 7.50. The number of rotatable bonds is 17. The van der Waals surface area contributed by atoms with Crippen molar-refractivity contribution in [3.8, 4) is 0 Å². The monoisotopic (exact) mass is 652 g/mol. The minimum atomic E-state index is -1.01. The highest BCUT2D eigenvalue weighted by Gasteiger charge is 2.32. The summed E-state index contributed by atoms with van der Waals surface area (Å²) in [5, 5.41) is 22.7. The zero-order valence-corrected chi connectivity index (χ0v) is 29.3. The van der Waals surface area contributed by atoms with Gasteiger partial charge in [0, 0.05) is 18.9 Å². The number of nitrogens with one attached hydrogen (secondary N) is 4. The molecule has 4 amide bonds. The molecule has 0 aliphatic heterocycles. The molecule has 5 N–H and O–H groups in total. The fourth-order valence-electron chi connectivity index (χ4n) is 5.18. The van der Waals surface area contributed by atoms with Gasteiger partial charge in [-0.15, -0.1) is 0 Å². The molecule has 0 aliphatic carbocycles. The van der Waals surface area contributed by atoms with Crippen molar-refractivity contribution in [1.29, 1.82) is 0 Å². The second kappa shape index (κ2) is 19.0. The van der Waals surface area contributed by atoms with Gasteiger partial charge in [-0.25, -0.2) is 4.79 Å². The lowest BCUT2D eigenvalue weighted by molar-refractivity contribution is -0.131. The van der Waals surface area contributed by atoms with Crippen molar-refractivity contribution < 1.29 is 29.0 Å². The van der Waals surface area contributed by atoms with Crippen molar-refractivity contribution in [2.45, 2.75) is 117 Å². The van der Waals surface area contributed by atoms with Crippen molar-refractivity contribution in [3.05, 3.63) is 71.8 Å². The summed E-state index contributed by atoms with van der Waals surface area (Å²) in [7, 11) is 0. The molecule has 0 radical (unpaired) electrons. The Morgan fingerprint density at radius 2 is 1.21 bits per heavy atom. The van der Waals surface area contributed by atoms with Crippen molar-refractivity contribution >= 4 is 23.8 Å². The van der Waals surface area contributed by atoms with Gasteiger partial charge in [0.1, 0.15) is 17.7 Å². The molecule has 260 valence electrons. The first-order valence-corrected chi connectivity index (χ1v) is 16.7. The van der Waals surface area contributed by atoms with E-state index in [9.17, 15) is 24.3 Å². The maximum atomic E-state index is 13.9. The van der Waals surface area contributed by atoms with E-state index in [0.29, 0.717) is 19.4 Å². The summed E-state index contributed by atoms with van der Waals surface area (Å²) in [6, 6.07) is 16.3. The van der Waals surface area contributed by atoms with E-state index < -0.39 is 53.7 Å². The molecule has 0 bridgehead atoms. The predicted molar refractivity (Wildman–Crippen MR) is 184 cm³/mol. The number of alkyl carbamates (subject to hydrolysis) is 1. The first-order chi connectivity index (χ1) is 22.0. The molecule has 0 unspecified atom stereocenters. The Labute approximate surface area is 280 Å². The SMILES string of the molecule is CC(C)C[C@H](NC(=O)OC(C)(C)C)C(=O)N[C@@H](Cc1ccccc1)C(=O)N[C@@H](CC(C)C)[C@@H](O)C[C@@H](C)C(=O)NCc1ccccc1. The number of hydrogen-bond acceptors (Lipinski definition) is 6. The Hall–Kier alpha value is -3.92. The van der Waals surface area contributed by atoms with Crippen LogP contribution in [0.4, 0.5) is 4.79 Å². The summed E-state index contributed by atoms with van der Waals surface area (Å²) in [5.74, 6) is -1.47. The van der Waals surface area contributed by atoms with Crippen LogP contribution in [0.5, 0.6) is 0 Å². The standard InChI is InChI=1S/C37H56N4O6/c1-24(2)19-29(32(42)21-26(5)33(43)38-23-28-17-13-10-14-18-28)39-35(45)31(22-27-15-11-9-12-16-27)40-34(44)30(20-25(3)4)41-36(46)47-37(6,7)8/h9-18,24-26,29-32,42H,19-23H2,1-8H3,(H,38,43)(H,39,45)(H,40,44)(H,41,46)/t26-,29+,30+,31+,32+/m1/s1. The Morgan fingerprint density at radius 1 is 0.681 bits per heavy atom. The molecule has 5 atom stereocenters. The van der Waals surface area contributed by atoms with Crippen LogP contribution in [-0.2, 0) is 32.1 Å². The summed E-state index contributed by atoms with van der Waals surface area (Å²) in [6.07, 6.45) is -0.581. The molecule has 47 heavy (non-hydrogen) atoms. The minimum Gasteiger partial charge on any atom is -0.444 e. The van der Waals surface area contributed by atoms with Crippen LogP contribution in [0.15, 0.2) is 60.7 Å². The van der Waals surface area contributed by atoms with E-state index in [-0.39, 0.29) is 30.6 Å². The average molecular weight is 653 g/mol. The van der Waals surface area contributed by atoms with Gasteiger partial charge in [-0.3, -0.25) is 14.4 Å². The number of carbonyl (C=O) groups is 4. The largest absolute Gasteiger partial charge is 0.444 e. The molecule has 2 aromatic rings. The maximum absolute atomic E-state index is 13.9. The van der Waals surface area contributed by atoms with E-state index in [1.54, 1.807) is 27.7 Å². The Morgan fingerprint density at radius 3 is 1.74 bits per heavy atom. The zero-order chi connectivity index (χ0) is 35.1. The normalized spacial score (nSPS) is 14.8. The molecule has 0 fully saturated rings. The van der Waals surface area contributed by atoms with Crippen molar-refractivity contribution in [3.63, 3.8) is 0 Å². The van der Waals surface area contributed by atoms with E-state index in [0.717, 1.165) is 11.1 Å². The molecular weight excluding hydrogens is 596 g/mol. The van der Waals surface area contributed by atoms with E-state index >= 15 is 0 Å². The van der Waals surface area contributed by atoms with E-state index in [4.69, 9.17) is 4.74 Å². The van der Waals surface area contributed by atoms with Gasteiger partial charge >= 0.3 is 6.09 Å². The van der Waals surface area contributed by atoms with Gasteiger partial charge in [-0.2, -0.15) is 0 Å². The van der Waals surface area contributed by atoms with Crippen molar-refractivity contribution in [2.75, 3.05) is 0 Å². The number of aliphatic hydroxyl groups excluding tert-OH is 1. The summed E-state index contributed by atoms with van der Waals surface area (Å²) in [5.41, 5.74) is 1.06. The lowest BCUT2D eigenvalue weighted by atomic mass is 9.92. The highest BCUT2D eigenvalue weighted by Crippen LogP contribution is 2.17. The molecule has 0 saturated carbocycles. The fraction of sp³-hybridized carbons (Fsp3) is 0.568. The van der Waals surface area contributed by atoms with Crippen LogP contribution in [0.2, 0.25) is 0 Å². The molecule has 10 nitrogen and oxygen atoms in total. The molecule has 10 heteroatoms. The van der Waals surface area contributed by atoms with Gasteiger partial charge in [-0.1, -0.05) is 95.3 Å². The highest BCUT2D eigenvalue weighted by molar-refractivity contribution is 5.91. The van der Waals surface area contributed by atoms with Gasteiger partial charge in [0.2, 0.25) is 17.7 Å². The van der Waals surface area contributed by atoms with Gasteiger partial charge in [0.25, 0.3) is 0 Å².